The van der Waals surface area contributed by atoms with Gasteiger partial charge in [-0.3, -0.25) is 4.98 Å². The predicted octanol–water partition coefficient (Wildman–Crippen LogP) is 3.15. The Morgan fingerprint density at radius 2 is 2.11 bits per heavy atom. The molecule has 1 N–H and O–H groups in total. The molecule has 0 atom stereocenters. The monoisotopic (exact) mass is 248 g/mol. The van der Waals surface area contributed by atoms with Gasteiger partial charge in [0.2, 0.25) is 0 Å². The quantitative estimate of drug-likeness (QED) is 0.888. The summed E-state index contributed by atoms with van der Waals surface area (Å²) < 4.78 is 6.15. The number of aromatic nitrogens is 1. The van der Waals surface area contributed by atoms with Gasteiger partial charge < -0.3 is 10.1 Å². The van der Waals surface area contributed by atoms with Crippen molar-refractivity contribution in [3.63, 3.8) is 0 Å². The van der Waals surface area contributed by atoms with E-state index in [-0.39, 0.29) is 0 Å². The molecule has 0 spiro atoms. The Labute approximate surface area is 110 Å². The van der Waals surface area contributed by atoms with E-state index in [4.69, 9.17) is 4.74 Å². The lowest BCUT2D eigenvalue weighted by atomic mass is 9.76. The van der Waals surface area contributed by atoms with E-state index in [1.165, 1.54) is 12.8 Å². The number of hydrogen-bond donors (Lipinski definition) is 1. The molecule has 0 bridgehead atoms. The minimum absolute atomic E-state index is 0.371. The first-order chi connectivity index (χ1) is 8.61. The van der Waals surface area contributed by atoms with E-state index in [9.17, 15) is 0 Å². The number of pyridine rings is 1. The summed E-state index contributed by atoms with van der Waals surface area (Å²) in [5.74, 6) is 0.990. The van der Waals surface area contributed by atoms with Crippen molar-refractivity contribution in [3.05, 3.63) is 24.0 Å². The first kappa shape index (κ1) is 13.3. The molecule has 100 valence electrons. The second-order valence-corrected chi connectivity index (χ2v) is 6.00. The second-order valence-electron chi connectivity index (χ2n) is 6.00. The average molecular weight is 248 g/mol. The van der Waals surface area contributed by atoms with Crippen LogP contribution in [0.3, 0.4) is 0 Å². The highest BCUT2D eigenvalue weighted by Crippen LogP contribution is 2.36. The fourth-order valence-electron chi connectivity index (χ4n) is 2.52. The van der Waals surface area contributed by atoms with E-state index in [2.05, 4.69) is 24.1 Å². The SMILES string of the molecule is CNCc1cnccc1OC1CCC(C)(C)CC1. The number of hydrogen-bond acceptors (Lipinski definition) is 3. The molecule has 1 fully saturated rings. The summed E-state index contributed by atoms with van der Waals surface area (Å²) in [6.45, 7) is 5.51. The summed E-state index contributed by atoms with van der Waals surface area (Å²) in [4.78, 5) is 4.16. The Morgan fingerprint density at radius 3 is 2.78 bits per heavy atom. The average Bonchev–Trinajstić information content (AvgIpc) is 2.35. The molecule has 0 saturated heterocycles. The molecule has 1 aliphatic rings. The summed E-state index contributed by atoms with van der Waals surface area (Å²) in [5.41, 5.74) is 1.64. The van der Waals surface area contributed by atoms with Crippen LogP contribution < -0.4 is 10.1 Å². The summed E-state index contributed by atoms with van der Waals surface area (Å²) in [6.07, 6.45) is 8.90. The van der Waals surface area contributed by atoms with Gasteiger partial charge >= 0.3 is 0 Å². The van der Waals surface area contributed by atoms with Crippen LogP contribution in [0.5, 0.6) is 5.75 Å². The molecule has 1 aromatic rings. The van der Waals surface area contributed by atoms with E-state index in [0.29, 0.717) is 11.5 Å². The maximum atomic E-state index is 6.15. The third kappa shape index (κ3) is 3.45. The zero-order chi connectivity index (χ0) is 13.0. The number of nitrogens with zero attached hydrogens (tertiary/aromatic N) is 1. The molecule has 1 aliphatic carbocycles. The van der Waals surface area contributed by atoms with Crippen molar-refractivity contribution < 1.29 is 4.74 Å². The maximum Gasteiger partial charge on any atom is 0.127 e. The van der Waals surface area contributed by atoms with Crippen molar-refractivity contribution in [1.82, 2.24) is 10.3 Å². The molecule has 1 saturated carbocycles. The minimum Gasteiger partial charge on any atom is -0.490 e. The van der Waals surface area contributed by atoms with Crippen molar-refractivity contribution in [1.29, 1.82) is 0 Å². The lowest BCUT2D eigenvalue weighted by Crippen LogP contribution is -2.28. The largest absolute Gasteiger partial charge is 0.490 e. The molecular weight excluding hydrogens is 224 g/mol. The standard InChI is InChI=1S/C15H24N2O/c1-15(2)7-4-13(5-8-15)18-14-6-9-17-11-12(14)10-16-3/h6,9,11,13,16H,4-5,7-8,10H2,1-3H3. The van der Waals surface area contributed by atoms with E-state index in [0.717, 1.165) is 30.7 Å². The third-order valence-electron chi connectivity index (χ3n) is 3.81. The Hall–Kier alpha value is -1.09. The van der Waals surface area contributed by atoms with E-state index in [1.807, 2.05) is 19.3 Å². The topological polar surface area (TPSA) is 34.2 Å². The highest BCUT2D eigenvalue weighted by Gasteiger charge is 2.28. The minimum atomic E-state index is 0.371. The van der Waals surface area contributed by atoms with Crippen LogP contribution in [-0.4, -0.2) is 18.1 Å². The zero-order valence-electron chi connectivity index (χ0n) is 11.7. The summed E-state index contributed by atoms with van der Waals surface area (Å²) in [5, 5.41) is 3.15. The van der Waals surface area contributed by atoms with Gasteiger partial charge in [-0.1, -0.05) is 13.8 Å². The molecule has 3 nitrogen and oxygen atoms in total. The van der Waals surface area contributed by atoms with E-state index in [1.54, 1.807) is 6.20 Å². The van der Waals surface area contributed by atoms with Gasteiger partial charge in [-0.15, -0.1) is 0 Å². The molecular formula is C15H24N2O. The molecule has 0 amide bonds. The Kier molecular flexibility index (Phi) is 4.23. The molecule has 1 aromatic heterocycles. The summed E-state index contributed by atoms with van der Waals surface area (Å²) in [7, 11) is 1.94. The van der Waals surface area contributed by atoms with Crippen molar-refractivity contribution in [3.8, 4) is 5.75 Å². The molecule has 0 radical (unpaired) electrons. The van der Waals surface area contributed by atoms with Gasteiger partial charge in [0.1, 0.15) is 5.75 Å². The maximum absolute atomic E-state index is 6.15. The molecule has 18 heavy (non-hydrogen) atoms. The van der Waals surface area contributed by atoms with Gasteiger partial charge in [-0.05, 0) is 44.2 Å². The number of rotatable bonds is 4. The lowest BCUT2D eigenvalue weighted by molar-refractivity contribution is 0.0977. The van der Waals surface area contributed by atoms with Gasteiger partial charge in [-0.2, -0.15) is 0 Å². The van der Waals surface area contributed by atoms with E-state index < -0.39 is 0 Å². The van der Waals surface area contributed by atoms with Gasteiger partial charge in [0.05, 0.1) is 6.10 Å². The number of nitrogens with one attached hydrogen (secondary N) is 1. The van der Waals surface area contributed by atoms with Crippen molar-refractivity contribution in [2.24, 2.45) is 5.41 Å². The fraction of sp³-hybridized carbons (Fsp3) is 0.667. The Morgan fingerprint density at radius 1 is 1.39 bits per heavy atom. The van der Waals surface area contributed by atoms with Crippen molar-refractivity contribution in [2.45, 2.75) is 52.2 Å². The second kappa shape index (κ2) is 5.70. The highest BCUT2D eigenvalue weighted by molar-refractivity contribution is 5.30. The van der Waals surface area contributed by atoms with Crippen LogP contribution in [0.15, 0.2) is 18.5 Å². The Bertz CT molecular complexity index is 380. The van der Waals surface area contributed by atoms with Crippen LogP contribution in [0, 0.1) is 5.41 Å². The first-order valence-electron chi connectivity index (χ1n) is 6.85. The first-order valence-corrected chi connectivity index (χ1v) is 6.85. The summed E-state index contributed by atoms with van der Waals surface area (Å²) in [6, 6.07) is 1.98. The van der Waals surface area contributed by atoms with Crippen LogP contribution in [0.4, 0.5) is 0 Å². The molecule has 0 aliphatic heterocycles. The van der Waals surface area contributed by atoms with Gasteiger partial charge in [0.25, 0.3) is 0 Å². The van der Waals surface area contributed by atoms with Crippen molar-refractivity contribution >= 4 is 0 Å². The zero-order valence-corrected chi connectivity index (χ0v) is 11.7. The fourth-order valence-corrected chi connectivity index (χ4v) is 2.52. The lowest BCUT2D eigenvalue weighted by Gasteiger charge is -2.34. The van der Waals surface area contributed by atoms with Crippen LogP contribution in [0.25, 0.3) is 0 Å². The van der Waals surface area contributed by atoms with Gasteiger partial charge in [-0.25, -0.2) is 0 Å². The molecule has 0 unspecified atom stereocenters. The van der Waals surface area contributed by atoms with E-state index >= 15 is 0 Å². The number of ether oxygens (including phenoxy) is 1. The van der Waals surface area contributed by atoms with Gasteiger partial charge in [0.15, 0.2) is 0 Å². The molecule has 1 heterocycles. The smallest absolute Gasteiger partial charge is 0.127 e. The van der Waals surface area contributed by atoms with Crippen LogP contribution in [0.2, 0.25) is 0 Å². The van der Waals surface area contributed by atoms with Gasteiger partial charge in [0, 0.05) is 24.5 Å². The normalized spacial score (nSPS) is 19.7. The molecule has 0 aromatic carbocycles. The van der Waals surface area contributed by atoms with Crippen LogP contribution in [0.1, 0.15) is 45.1 Å². The van der Waals surface area contributed by atoms with Crippen LogP contribution in [-0.2, 0) is 6.54 Å². The predicted molar refractivity (Wildman–Crippen MR) is 73.7 cm³/mol. The molecule has 3 heteroatoms. The molecule has 2 rings (SSSR count). The van der Waals surface area contributed by atoms with Crippen LogP contribution >= 0.6 is 0 Å². The third-order valence-corrected chi connectivity index (χ3v) is 3.81. The Balaban J connectivity index is 1.97. The summed E-state index contributed by atoms with van der Waals surface area (Å²) >= 11 is 0. The van der Waals surface area contributed by atoms with Crippen molar-refractivity contribution in [2.75, 3.05) is 7.05 Å². The highest BCUT2D eigenvalue weighted by atomic mass is 16.5.